The average molecular weight is 328 g/mol. The van der Waals surface area contributed by atoms with Gasteiger partial charge in [-0.15, -0.1) is 0 Å². The van der Waals surface area contributed by atoms with Crippen LogP contribution < -0.4 is 5.32 Å². The molecule has 0 radical (unpaired) electrons. The highest BCUT2D eigenvalue weighted by Gasteiger charge is 2.17. The first kappa shape index (κ1) is 15.1. The van der Waals surface area contributed by atoms with Gasteiger partial charge in [-0.3, -0.25) is 14.2 Å². The minimum atomic E-state index is -0.193. The van der Waals surface area contributed by atoms with E-state index in [0.29, 0.717) is 11.4 Å². The molecule has 5 nitrogen and oxygen atoms in total. The summed E-state index contributed by atoms with van der Waals surface area (Å²) in [6, 6.07) is 17.2. The van der Waals surface area contributed by atoms with Crippen LogP contribution in [0.5, 0.6) is 0 Å². The van der Waals surface area contributed by atoms with E-state index in [1.807, 2.05) is 60.0 Å². The molecule has 0 atom stereocenters. The van der Waals surface area contributed by atoms with Gasteiger partial charge in [-0.25, -0.2) is 4.98 Å². The van der Waals surface area contributed by atoms with Gasteiger partial charge in [0, 0.05) is 29.7 Å². The average Bonchev–Trinajstić information content (AvgIpc) is 3.00. The molecule has 0 saturated heterocycles. The second kappa shape index (κ2) is 6.20. The van der Waals surface area contributed by atoms with Crippen LogP contribution in [-0.2, 0) is 0 Å². The summed E-state index contributed by atoms with van der Waals surface area (Å²) in [5.41, 5.74) is 4.16. The molecule has 0 unspecified atom stereocenters. The van der Waals surface area contributed by atoms with Crippen LogP contribution in [0.25, 0.3) is 16.9 Å². The van der Waals surface area contributed by atoms with Crippen molar-refractivity contribution in [3.8, 4) is 11.3 Å². The highest BCUT2D eigenvalue weighted by atomic mass is 16.1. The maximum absolute atomic E-state index is 12.6. The number of rotatable bonds is 3. The number of pyridine rings is 2. The SMILES string of the molecule is Cc1ccn2c(NC(=O)c3ccncc3)c(-c3ccccc3)nc2c1. The molecule has 5 heteroatoms. The molecule has 3 aromatic heterocycles. The van der Waals surface area contributed by atoms with Crippen LogP contribution in [0.2, 0.25) is 0 Å². The summed E-state index contributed by atoms with van der Waals surface area (Å²) in [5.74, 6) is 0.463. The molecular formula is C20H16N4O. The van der Waals surface area contributed by atoms with Gasteiger partial charge >= 0.3 is 0 Å². The number of benzene rings is 1. The molecular weight excluding hydrogens is 312 g/mol. The van der Waals surface area contributed by atoms with Crippen molar-refractivity contribution in [1.29, 1.82) is 0 Å². The minimum Gasteiger partial charge on any atom is -0.306 e. The van der Waals surface area contributed by atoms with E-state index in [4.69, 9.17) is 4.98 Å². The van der Waals surface area contributed by atoms with Gasteiger partial charge in [-0.05, 0) is 36.8 Å². The van der Waals surface area contributed by atoms with Crippen molar-refractivity contribution in [2.45, 2.75) is 6.92 Å². The number of imidazole rings is 1. The molecule has 1 N–H and O–H groups in total. The number of amides is 1. The monoisotopic (exact) mass is 328 g/mol. The second-order valence-corrected chi connectivity index (χ2v) is 5.80. The molecule has 25 heavy (non-hydrogen) atoms. The van der Waals surface area contributed by atoms with Crippen LogP contribution in [0.4, 0.5) is 5.82 Å². The summed E-state index contributed by atoms with van der Waals surface area (Å²) >= 11 is 0. The maximum Gasteiger partial charge on any atom is 0.256 e. The van der Waals surface area contributed by atoms with E-state index in [9.17, 15) is 4.79 Å². The predicted octanol–water partition coefficient (Wildman–Crippen LogP) is 3.96. The Morgan fingerprint density at radius 1 is 1.04 bits per heavy atom. The molecule has 4 aromatic rings. The van der Waals surface area contributed by atoms with Crippen LogP contribution in [-0.4, -0.2) is 20.3 Å². The number of hydrogen-bond donors (Lipinski definition) is 1. The standard InChI is InChI=1S/C20H16N4O/c1-14-9-12-24-17(13-14)22-18(15-5-3-2-4-6-15)19(24)23-20(25)16-7-10-21-11-8-16/h2-13H,1H3,(H,23,25). The first-order valence-corrected chi connectivity index (χ1v) is 7.98. The van der Waals surface area contributed by atoms with Crippen LogP contribution in [0.3, 0.4) is 0 Å². The number of aryl methyl sites for hydroxylation is 1. The molecule has 0 aliphatic heterocycles. The number of aromatic nitrogens is 3. The Morgan fingerprint density at radius 2 is 1.80 bits per heavy atom. The Labute approximate surface area is 145 Å². The third-order valence-electron chi connectivity index (χ3n) is 4.00. The first-order chi connectivity index (χ1) is 12.2. The Bertz CT molecular complexity index is 1040. The van der Waals surface area contributed by atoms with E-state index in [-0.39, 0.29) is 5.91 Å². The topological polar surface area (TPSA) is 59.3 Å². The molecule has 1 aromatic carbocycles. The fourth-order valence-corrected chi connectivity index (χ4v) is 2.75. The predicted molar refractivity (Wildman–Crippen MR) is 97.6 cm³/mol. The van der Waals surface area contributed by atoms with Crippen LogP contribution in [0.15, 0.2) is 73.2 Å². The Balaban J connectivity index is 1.85. The van der Waals surface area contributed by atoms with Crippen molar-refractivity contribution in [3.05, 3.63) is 84.3 Å². The third-order valence-corrected chi connectivity index (χ3v) is 4.00. The zero-order chi connectivity index (χ0) is 17.2. The summed E-state index contributed by atoms with van der Waals surface area (Å²) in [7, 11) is 0. The van der Waals surface area contributed by atoms with Crippen molar-refractivity contribution in [1.82, 2.24) is 14.4 Å². The van der Waals surface area contributed by atoms with Gasteiger partial charge in [0.1, 0.15) is 17.2 Å². The van der Waals surface area contributed by atoms with Crippen LogP contribution in [0.1, 0.15) is 15.9 Å². The lowest BCUT2D eigenvalue weighted by Gasteiger charge is -2.08. The number of nitrogens with one attached hydrogen (secondary N) is 1. The number of nitrogens with zero attached hydrogens (tertiary/aromatic N) is 3. The number of anilines is 1. The summed E-state index contributed by atoms with van der Waals surface area (Å²) in [6.45, 7) is 2.02. The lowest BCUT2D eigenvalue weighted by atomic mass is 10.1. The Morgan fingerprint density at radius 3 is 2.56 bits per heavy atom. The molecule has 3 heterocycles. The third kappa shape index (κ3) is 2.87. The van der Waals surface area contributed by atoms with Gasteiger partial charge in [0.2, 0.25) is 0 Å². The largest absolute Gasteiger partial charge is 0.306 e. The van der Waals surface area contributed by atoms with Gasteiger partial charge in [-0.1, -0.05) is 30.3 Å². The van der Waals surface area contributed by atoms with Crippen molar-refractivity contribution >= 4 is 17.4 Å². The van der Waals surface area contributed by atoms with Gasteiger partial charge in [0.05, 0.1) is 0 Å². The summed E-state index contributed by atoms with van der Waals surface area (Å²) in [5, 5.41) is 3.00. The quantitative estimate of drug-likeness (QED) is 0.619. The van der Waals surface area contributed by atoms with E-state index in [1.54, 1.807) is 24.5 Å². The van der Waals surface area contributed by atoms with Crippen LogP contribution in [0, 0.1) is 6.92 Å². The smallest absolute Gasteiger partial charge is 0.256 e. The van der Waals surface area contributed by atoms with Gasteiger partial charge < -0.3 is 5.32 Å². The van der Waals surface area contributed by atoms with E-state index in [2.05, 4.69) is 10.3 Å². The number of fused-ring (bicyclic) bond motifs is 1. The molecule has 0 spiro atoms. The van der Waals surface area contributed by atoms with Gasteiger partial charge in [-0.2, -0.15) is 0 Å². The van der Waals surface area contributed by atoms with Crippen LogP contribution >= 0.6 is 0 Å². The summed E-state index contributed by atoms with van der Waals surface area (Å²) in [4.78, 5) is 21.3. The van der Waals surface area contributed by atoms with E-state index in [1.165, 1.54) is 0 Å². The van der Waals surface area contributed by atoms with Crippen molar-refractivity contribution in [2.24, 2.45) is 0 Å². The molecule has 0 fully saturated rings. The zero-order valence-corrected chi connectivity index (χ0v) is 13.7. The van der Waals surface area contributed by atoms with E-state index < -0.39 is 0 Å². The van der Waals surface area contributed by atoms with E-state index in [0.717, 1.165) is 22.5 Å². The number of carbonyl (C=O) groups is 1. The molecule has 0 aliphatic rings. The molecule has 1 amide bonds. The fraction of sp³-hybridized carbons (Fsp3) is 0.0500. The van der Waals surface area contributed by atoms with Crippen molar-refractivity contribution in [3.63, 3.8) is 0 Å². The number of hydrogen-bond acceptors (Lipinski definition) is 3. The molecule has 0 saturated carbocycles. The first-order valence-electron chi connectivity index (χ1n) is 7.98. The molecule has 0 aliphatic carbocycles. The zero-order valence-electron chi connectivity index (χ0n) is 13.7. The number of carbonyl (C=O) groups excluding carboxylic acids is 1. The van der Waals surface area contributed by atoms with E-state index >= 15 is 0 Å². The normalized spacial score (nSPS) is 10.8. The highest BCUT2D eigenvalue weighted by molar-refractivity contribution is 6.05. The van der Waals surface area contributed by atoms with Gasteiger partial charge in [0.15, 0.2) is 0 Å². The molecule has 122 valence electrons. The highest BCUT2D eigenvalue weighted by Crippen LogP contribution is 2.29. The second-order valence-electron chi connectivity index (χ2n) is 5.80. The van der Waals surface area contributed by atoms with Crippen molar-refractivity contribution < 1.29 is 4.79 Å². The molecule has 4 rings (SSSR count). The Hall–Kier alpha value is -3.47. The lowest BCUT2D eigenvalue weighted by molar-refractivity contribution is 0.102. The summed E-state index contributed by atoms with van der Waals surface area (Å²) in [6.07, 6.45) is 5.13. The minimum absolute atomic E-state index is 0.193. The lowest BCUT2D eigenvalue weighted by Crippen LogP contribution is -2.14. The Kier molecular flexibility index (Phi) is 3.74. The van der Waals surface area contributed by atoms with Gasteiger partial charge in [0.25, 0.3) is 5.91 Å². The summed E-state index contributed by atoms with van der Waals surface area (Å²) < 4.78 is 1.90. The maximum atomic E-state index is 12.6. The van der Waals surface area contributed by atoms with Crippen molar-refractivity contribution in [2.75, 3.05) is 5.32 Å². The molecule has 0 bridgehead atoms. The fourth-order valence-electron chi connectivity index (χ4n) is 2.75.